The monoisotopic (exact) mass is 537 g/mol. The fourth-order valence-electron chi connectivity index (χ4n) is 4.50. The maximum absolute atomic E-state index is 13.3. The highest BCUT2D eigenvalue weighted by molar-refractivity contribution is 7.97. The summed E-state index contributed by atoms with van der Waals surface area (Å²) in [6, 6.07) is 10.0. The van der Waals surface area contributed by atoms with Crippen molar-refractivity contribution in [3.05, 3.63) is 58.9 Å². The number of carbonyl (C=O) groups is 1. The van der Waals surface area contributed by atoms with Crippen LogP contribution in [0.2, 0.25) is 0 Å². The van der Waals surface area contributed by atoms with Crippen LogP contribution in [0.15, 0.2) is 35.4 Å². The van der Waals surface area contributed by atoms with Crippen LogP contribution in [-0.2, 0) is 17.4 Å². The Kier molecular flexibility index (Phi) is 7.14. The first-order valence-electron chi connectivity index (χ1n) is 11.9. The molecule has 0 spiro atoms. The number of nitrogens with zero attached hydrogens (tertiary/aromatic N) is 8. The van der Waals surface area contributed by atoms with Gasteiger partial charge in [0.25, 0.3) is 5.91 Å². The number of hydrogen-bond donors (Lipinski definition) is 1. The van der Waals surface area contributed by atoms with Crippen LogP contribution in [0.25, 0.3) is 0 Å². The van der Waals surface area contributed by atoms with Gasteiger partial charge in [0.15, 0.2) is 0 Å². The van der Waals surface area contributed by atoms with Crippen molar-refractivity contribution < 1.29 is 9.00 Å². The number of hydrogen-bond acceptors (Lipinski definition) is 9. The second-order valence-corrected chi connectivity index (χ2v) is 11.1. The molecule has 1 atom stereocenters. The van der Waals surface area contributed by atoms with E-state index in [9.17, 15) is 14.3 Å². The number of nitrogens with one attached hydrogen (secondary N) is 1. The van der Waals surface area contributed by atoms with Crippen LogP contribution in [0.3, 0.4) is 0 Å². The number of imidazole rings is 1. The largest absolute Gasteiger partial charge is 0.338 e. The molecule has 0 bridgehead atoms. The van der Waals surface area contributed by atoms with Gasteiger partial charge in [-0.1, -0.05) is 0 Å². The fourth-order valence-corrected chi connectivity index (χ4v) is 5.96. The number of aromatic nitrogens is 4. The number of anilines is 2. The highest BCUT2D eigenvalue weighted by Crippen LogP contribution is 2.34. The molecule has 1 amide bonds. The lowest BCUT2D eigenvalue weighted by atomic mass is 10.2. The van der Waals surface area contributed by atoms with Gasteiger partial charge < -0.3 is 9.80 Å². The molecule has 1 unspecified atom stereocenters. The molecule has 0 saturated carbocycles. The molecule has 1 N–H and O–H groups in total. The van der Waals surface area contributed by atoms with Crippen molar-refractivity contribution in [2.45, 2.75) is 25.2 Å². The van der Waals surface area contributed by atoms with E-state index in [1.54, 1.807) is 29.8 Å². The van der Waals surface area contributed by atoms with Crippen molar-refractivity contribution in [2.24, 2.45) is 0 Å². The molecule has 1 aromatic carbocycles. The summed E-state index contributed by atoms with van der Waals surface area (Å²) in [5.41, 5.74) is 3.56. The fraction of sp³-hybridized carbons (Fsp3) is 0.375. The van der Waals surface area contributed by atoms with Gasteiger partial charge in [-0.05, 0) is 62.0 Å². The van der Waals surface area contributed by atoms with Gasteiger partial charge in [-0.3, -0.25) is 4.79 Å². The molecule has 0 aliphatic carbocycles. The molecule has 2 aromatic heterocycles. The standard InChI is InChI=1S/C24H27N9O2S2/c1-16-12-19(14-25)28-24(27-16)30-8-10-31(11-9-30)36-20-4-5-21-18(13-20)6-7-32(21)23(34)22-15-26-17(2)33(22)29-37(3)35/h4-5,12-13,15,29H,6-11H2,1-3H3. The van der Waals surface area contributed by atoms with Crippen LogP contribution in [0.4, 0.5) is 11.6 Å². The normalized spacial score (nSPS) is 16.4. The zero-order valence-corrected chi connectivity index (χ0v) is 22.5. The zero-order chi connectivity index (χ0) is 26.1. The number of aryl methyl sites for hydroxylation is 2. The Morgan fingerprint density at radius 1 is 1.14 bits per heavy atom. The number of benzene rings is 1. The minimum atomic E-state index is -1.33. The third kappa shape index (κ3) is 5.31. The van der Waals surface area contributed by atoms with Crippen LogP contribution in [0, 0.1) is 25.2 Å². The summed E-state index contributed by atoms with van der Waals surface area (Å²) in [5, 5.41) is 9.20. The van der Waals surface area contributed by atoms with Crippen molar-refractivity contribution in [2.75, 3.05) is 53.6 Å². The maximum Gasteiger partial charge on any atom is 0.278 e. The molecule has 2 aliphatic rings. The van der Waals surface area contributed by atoms with Crippen LogP contribution in [0.5, 0.6) is 0 Å². The Morgan fingerprint density at radius 2 is 1.92 bits per heavy atom. The highest BCUT2D eigenvalue weighted by atomic mass is 32.2. The Bertz CT molecular complexity index is 1410. The molecule has 5 rings (SSSR count). The minimum absolute atomic E-state index is 0.174. The van der Waals surface area contributed by atoms with Crippen molar-refractivity contribution in [1.29, 1.82) is 5.26 Å². The van der Waals surface area contributed by atoms with Crippen molar-refractivity contribution >= 4 is 40.5 Å². The van der Waals surface area contributed by atoms with E-state index in [0.717, 1.165) is 54.4 Å². The summed E-state index contributed by atoms with van der Waals surface area (Å²) in [6.07, 6.45) is 3.80. The maximum atomic E-state index is 13.3. The van der Waals surface area contributed by atoms with E-state index >= 15 is 0 Å². The lowest BCUT2D eigenvalue weighted by molar-refractivity contribution is 0.0982. The number of amides is 1. The first-order valence-corrected chi connectivity index (χ1v) is 14.2. The van der Waals surface area contributed by atoms with Crippen molar-refractivity contribution in [1.82, 2.24) is 23.9 Å². The molecule has 1 saturated heterocycles. The van der Waals surface area contributed by atoms with Crippen LogP contribution in [0.1, 0.15) is 33.3 Å². The summed E-state index contributed by atoms with van der Waals surface area (Å²) >= 11 is 1.71. The van der Waals surface area contributed by atoms with Gasteiger partial charge in [0.2, 0.25) is 5.95 Å². The Hall–Kier alpha value is -3.47. The summed E-state index contributed by atoms with van der Waals surface area (Å²) in [7, 11) is -1.33. The zero-order valence-electron chi connectivity index (χ0n) is 20.8. The number of carbonyl (C=O) groups excluding carboxylic acids is 1. The lowest BCUT2D eigenvalue weighted by Gasteiger charge is -2.34. The SMILES string of the molecule is Cc1cc(C#N)nc(N2CCN(Sc3ccc4c(c3)CCN4C(=O)c3cnc(C)n3NS(C)=O)CC2)n1. The van der Waals surface area contributed by atoms with Gasteiger partial charge in [0.1, 0.15) is 34.3 Å². The predicted molar refractivity (Wildman–Crippen MR) is 143 cm³/mol. The van der Waals surface area contributed by atoms with E-state index in [1.807, 2.05) is 19.1 Å². The first-order chi connectivity index (χ1) is 17.8. The molecular formula is C24H27N9O2S2. The van der Waals surface area contributed by atoms with Gasteiger partial charge in [0.05, 0.1) is 6.20 Å². The Labute approximate surface area is 222 Å². The van der Waals surface area contributed by atoms with E-state index in [1.165, 1.54) is 17.1 Å². The molecule has 2 aliphatic heterocycles. The summed E-state index contributed by atoms with van der Waals surface area (Å²) in [6.45, 7) is 7.44. The highest BCUT2D eigenvalue weighted by Gasteiger charge is 2.29. The van der Waals surface area contributed by atoms with Gasteiger partial charge in [-0.25, -0.2) is 33.0 Å². The van der Waals surface area contributed by atoms with Crippen LogP contribution >= 0.6 is 11.9 Å². The smallest absolute Gasteiger partial charge is 0.278 e. The van der Waals surface area contributed by atoms with Crippen molar-refractivity contribution in [3.63, 3.8) is 0 Å². The molecule has 192 valence electrons. The molecule has 11 nitrogen and oxygen atoms in total. The average molecular weight is 538 g/mol. The number of nitriles is 1. The average Bonchev–Trinajstić information content (AvgIpc) is 3.46. The third-order valence-electron chi connectivity index (χ3n) is 6.28. The predicted octanol–water partition coefficient (Wildman–Crippen LogP) is 2.03. The minimum Gasteiger partial charge on any atom is -0.338 e. The third-order valence-corrected chi connectivity index (χ3v) is 7.81. The Balaban J connectivity index is 1.23. The molecule has 1 fully saturated rings. The van der Waals surface area contributed by atoms with Crippen molar-refractivity contribution in [3.8, 4) is 6.07 Å². The topological polar surface area (TPSA) is 123 Å². The van der Waals surface area contributed by atoms with Gasteiger partial charge in [0, 0.05) is 55.3 Å². The van der Waals surface area contributed by atoms with E-state index in [-0.39, 0.29) is 5.91 Å². The molecule has 13 heteroatoms. The number of fused-ring (bicyclic) bond motifs is 1. The second-order valence-electron chi connectivity index (χ2n) is 8.88. The molecule has 0 radical (unpaired) electrons. The molecule has 4 heterocycles. The summed E-state index contributed by atoms with van der Waals surface area (Å²) in [4.78, 5) is 34.2. The van der Waals surface area contributed by atoms with Gasteiger partial charge in [-0.2, -0.15) is 5.26 Å². The first kappa shape index (κ1) is 25.2. The molecule has 37 heavy (non-hydrogen) atoms. The van der Waals surface area contributed by atoms with E-state index in [2.05, 4.69) is 41.1 Å². The van der Waals surface area contributed by atoms with Crippen LogP contribution in [-0.4, -0.2) is 73.0 Å². The van der Waals surface area contributed by atoms with Gasteiger partial charge in [-0.15, -0.1) is 0 Å². The lowest BCUT2D eigenvalue weighted by Crippen LogP contribution is -2.44. The van der Waals surface area contributed by atoms with Crippen LogP contribution < -0.4 is 14.6 Å². The van der Waals surface area contributed by atoms with E-state index in [0.29, 0.717) is 29.7 Å². The number of rotatable bonds is 6. The second kappa shape index (κ2) is 10.5. The summed E-state index contributed by atoms with van der Waals surface area (Å²) < 4.78 is 15.5. The van der Waals surface area contributed by atoms with Gasteiger partial charge >= 0.3 is 0 Å². The quantitative estimate of drug-likeness (QED) is 0.471. The molecular weight excluding hydrogens is 510 g/mol. The molecule has 3 aromatic rings. The van der Waals surface area contributed by atoms with E-state index < -0.39 is 11.0 Å². The Morgan fingerprint density at radius 3 is 2.65 bits per heavy atom. The van der Waals surface area contributed by atoms with E-state index in [4.69, 9.17) is 0 Å². The summed E-state index contributed by atoms with van der Waals surface area (Å²) in [5.74, 6) is 1.01. The number of piperazine rings is 1.